The Morgan fingerprint density at radius 3 is 2.62 bits per heavy atom. The van der Waals surface area contributed by atoms with Gasteiger partial charge in [-0.1, -0.05) is 44.2 Å². The molecule has 2 heterocycles. The van der Waals surface area contributed by atoms with Crippen molar-refractivity contribution in [3.63, 3.8) is 0 Å². The quantitative estimate of drug-likeness (QED) is 0.602. The third kappa shape index (κ3) is 4.71. The number of ether oxygens (including phenoxy) is 1. The van der Waals surface area contributed by atoms with Crippen LogP contribution in [0.1, 0.15) is 20.3 Å². The molecule has 2 aromatic heterocycles. The number of hydrogen-bond donors (Lipinski definition) is 1. The van der Waals surface area contributed by atoms with Gasteiger partial charge in [0.2, 0.25) is 5.91 Å². The number of amides is 1. The normalized spacial score (nSPS) is 12.1. The summed E-state index contributed by atoms with van der Waals surface area (Å²) in [6, 6.07) is 8.83. The Balaban J connectivity index is 1.87. The molecule has 0 spiro atoms. The average Bonchev–Trinajstić information content (AvgIpc) is 3.14. The number of fused-ring (bicyclic) bond motifs is 1. The molecule has 0 radical (unpaired) electrons. The van der Waals surface area contributed by atoms with E-state index in [0.29, 0.717) is 16.6 Å². The molecule has 7 nitrogen and oxygen atoms in total. The van der Waals surface area contributed by atoms with E-state index in [9.17, 15) is 14.4 Å². The van der Waals surface area contributed by atoms with E-state index in [1.807, 2.05) is 49.6 Å². The van der Waals surface area contributed by atoms with Gasteiger partial charge in [0.25, 0.3) is 5.56 Å². The van der Waals surface area contributed by atoms with E-state index >= 15 is 0 Å². The first-order valence-electron chi connectivity index (χ1n) is 9.30. The lowest BCUT2D eigenvalue weighted by molar-refractivity contribution is -0.145. The SMILES string of the molecule is COC(=O)[C@@H](CC(C)C)NC(=O)Cn1cnc2scc(-c3ccccc3)c2c1=O. The summed E-state index contributed by atoms with van der Waals surface area (Å²) in [6.07, 6.45) is 1.82. The summed E-state index contributed by atoms with van der Waals surface area (Å²) < 4.78 is 6.03. The van der Waals surface area contributed by atoms with E-state index in [0.717, 1.165) is 11.1 Å². The van der Waals surface area contributed by atoms with E-state index < -0.39 is 17.9 Å². The highest BCUT2D eigenvalue weighted by atomic mass is 32.1. The fraction of sp³-hybridized carbons (Fsp3) is 0.333. The number of rotatable bonds is 7. The maximum atomic E-state index is 13.0. The lowest BCUT2D eigenvalue weighted by Gasteiger charge is -2.18. The van der Waals surface area contributed by atoms with Crippen LogP contribution in [-0.2, 0) is 20.9 Å². The van der Waals surface area contributed by atoms with Crippen molar-refractivity contribution in [2.45, 2.75) is 32.9 Å². The summed E-state index contributed by atoms with van der Waals surface area (Å²) >= 11 is 1.39. The molecule has 0 unspecified atom stereocenters. The second kappa shape index (κ2) is 9.00. The minimum Gasteiger partial charge on any atom is -0.467 e. The first kappa shape index (κ1) is 20.7. The van der Waals surface area contributed by atoms with Crippen LogP contribution in [0.5, 0.6) is 0 Å². The maximum absolute atomic E-state index is 13.0. The molecule has 3 aromatic rings. The van der Waals surface area contributed by atoms with Crippen LogP contribution in [0.25, 0.3) is 21.3 Å². The summed E-state index contributed by atoms with van der Waals surface area (Å²) in [6.45, 7) is 3.68. The second-order valence-corrected chi connectivity index (χ2v) is 8.00. The van der Waals surface area contributed by atoms with Crippen molar-refractivity contribution in [3.8, 4) is 11.1 Å². The third-order valence-corrected chi connectivity index (χ3v) is 5.37. The molecule has 3 rings (SSSR count). The van der Waals surface area contributed by atoms with Gasteiger partial charge in [-0.2, -0.15) is 0 Å². The summed E-state index contributed by atoms with van der Waals surface area (Å²) in [4.78, 5) is 42.4. The van der Waals surface area contributed by atoms with Crippen LogP contribution < -0.4 is 10.9 Å². The van der Waals surface area contributed by atoms with Crippen LogP contribution >= 0.6 is 11.3 Å². The zero-order chi connectivity index (χ0) is 21.0. The monoisotopic (exact) mass is 413 g/mol. The molecule has 1 amide bonds. The molecule has 0 aliphatic carbocycles. The van der Waals surface area contributed by atoms with Crippen molar-refractivity contribution in [2.75, 3.05) is 7.11 Å². The van der Waals surface area contributed by atoms with Crippen molar-refractivity contribution < 1.29 is 14.3 Å². The van der Waals surface area contributed by atoms with Crippen LogP contribution in [0.3, 0.4) is 0 Å². The number of carbonyl (C=O) groups is 2. The molecule has 0 bridgehead atoms. The van der Waals surface area contributed by atoms with Crippen LogP contribution in [0.2, 0.25) is 0 Å². The Labute approximate surface area is 172 Å². The number of aromatic nitrogens is 2. The second-order valence-electron chi connectivity index (χ2n) is 7.15. The summed E-state index contributed by atoms with van der Waals surface area (Å²) in [7, 11) is 1.28. The highest BCUT2D eigenvalue weighted by molar-refractivity contribution is 7.17. The van der Waals surface area contributed by atoms with E-state index in [1.165, 1.54) is 29.3 Å². The number of esters is 1. The Morgan fingerprint density at radius 1 is 1.24 bits per heavy atom. The van der Waals surface area contributed by atoms with Gasteiger partial charge in [-0.05, 0) is 17.9 Å². The standard InChI is InChI=1S/C21H23N3O4S/c1-13(2)9-16(21(27)28-3)23-17(25)10-24-12-22-19-18(20(24)26)15(11-29-19)14-7-5-4-6-8-14/h4-8,11-13,16H,9-10H2,1-3H3,(H,23,25)/t16-/m1/s1. The Morgan fingerprint density at radius 2 is 1.97 bits per heavy atom. The molecule has 0 aliphatic heterocycles. The van der Waals surface area contributed by atoms with Gasteiger partial charge in [0.15, 0.2) is 0 Å². The molecule has 1 aromatic carbocycles. The van der Waals surface area contributed by atoms with Crippen molar-refractivity contribution in [2.24, 2.45) is 5.92 Å². The lowest BCUT2D eigenvalue weighted by atomic mass is 10.0. The predicted octanol–water partition coefficient (Wildman–Crippen LogP) is 2.83. The summed E-state index contributed by atoms with van der Waals surface area (Å²) in [5.41, 5.74) is 1.43. The van der Waals surface area contributed by atoms with E-state index in [-0.39, 0.29) is 18.0 Å². The van der Waals surface area contributed by atoms with Crippen molar-refractivity contribution >= 4 is 33.4 Å². The molecule has 0 fully saturated rings. The zero-order valence-electron chi connectivity index (χ0n) is 16.5. The molecule has 0 aliphatic rings. The molecule has 0 saturated carbocycles. The molecular weight excluding hydrogens is 390 g/mol. The van der Waals surface area contributed by atoms with Gasteiger partial charge < -0.3 is 10.1 Å². The summed E-state index contributed by atoms with van der Waals surface area (Å²) in [5.74, 6) is -0.752. The van der Waals surface area contributed by atoms with Gasteiger partial charge in [-0.25, -0.2) is 9.78 Å². The van der Waals surface area contributed by atoms with Gasteiger partial charge in [-0.3, -0.25) is 14.2 Å². The van der Waals surface area contributed by atoms with Crippen molar-refractivity contribution in [3.05, 3.63) is 52.4 Å². The van der Waals surface area contributed by atoms with Gasteiger partial charge >= 0.3 is 5.97 Å². The first-order chi connectivity index (χ1) is 13.9. The van der Waals surface area contributed by atoms with E-state index in [2.05, 4.69) is 10.3 Å². The number of nitrogens with one attached hydrogen (secondary N) is 1. The van der Waals surface area contributed by atoms with E-state index in [4.69, 9.17) is 4.74 Å². The van der Waals surface area contributed by atoms with Crippen LogP contribution in [0.15, 0.2) is 46.8 Å². The predicted molar refractivity (Wildman–Crippen MR) is 113 cm³/mol. The van der Waals surface area contributed by atoms with Gasteiger partial charge in [-0.15, -0.1) is 11.3 Å². The number of thiophene rings is 1. The van der Waals surface area contributed by atoms with E-state index in [1.54, 1.807) is 0 Å². The smallest absolute Gasteiger partial charge is 0.328 e. The van der Waals surface area contributed by atoms with Gasteiger partial charge in [0, 0.05) is 10.9 Å². The highest BCUT2D eigenvalue weighted by Crippen LogP contribution is 2.30. The Bertz CT molecular complexity index is 1070. The summed E-state index contributed by atoms with van der Waals surface area (Å²) in [5, 5.41) is 5.05. The molecular formula is C21H23N3O4S. The van der Waals surface area contributed by atoms with Gasteiger partial charge in [0.05, 0.1) is 18.8 Å². The number of nitrogens with zero attached hydrogens (tertiary/aromatic N) is 2. The fourth-order valence-electron chi connectivity index (χ4n) is 3.13. The molecule has 152 valence electrons. The minimum atomic E-state index is -0.749. The molecule has 8 heteroatoms. The van der Waals surface area contributed by atoms with Crippen LogP contribution in [0, 0.1) is 5.92 Å². The Kier molecular flexibility index (Phi) is 6.43. The fourth-order valence-corrected chi connectivity index (χ4v) is 4.04. The van der Waals surface area contributed by atoms with Crippen molar-refractivity contribution in [1.29, 1.82) is 0 Å². The number of carbonyl (C=O) groups excluding carboxylic acids is 2. The molecule has 0 saturated heterocycles. The van der Waals surface area contributed by atoms with Gasteiger partial charge in [0.1, 0.15) is 17.4 Å². The zero-order valence-corrected chi connectivity index (χ0v) is 17.4. The van der Waals surface area contributed by atoms with Crippen LogP contribution in [0.4, 0.5) is 0 Å². The van der Waals surface area contributed by atoms with Crippen molar-refractivity contribution in [1.82, 2.24) is 14.9 Å². The number of hydrogen-bond acceptors (Lipinski definition) is 6. The molecule has 1 atom stereocenters. The lowest BCUT2D eigenvalue weighted by Crippen LogP contribution is -2.44. The topological polar surface area (TPSA) is 90.3 Å². The largest absolute Gasteiger partial charge is 0.467 e. The average molecular weight is 413 g/mol. The molecule has 1 N–H and O–H groups in total. The molecule has 29 heavy (non-hydrogen) atoms. The van der Waals surface area contributed by atoms with Crippen LogP contribution in [-0.4, -0.2) is 34.6 Å². The Hall–Kier alpha value is -3.00. The minimum absolute atomic E-state index is 0.194. The maximum Gasteiger partial charge on any atom is 0.328 e. The number of methoxy groups -OCH3 is 1. The highest BCUT2D eigenvalue weighted by Gasteiger charge is 2.23. The number of benzene rings is 1. The third-order valence-electron chi connectivity index (χ3n) is 4.49. The first-order valence-corrected chi connectivity index (χ1v) is 10.2.